The second kappa shape index (κ2) is 15.1. The molecule has 0 spiro atoms. The van der Waals surface area contributed by atoms with Crippen LogP contribution in [0.2, 0.25) is 0 Å². The maximum Gasteiger partial charge on any atom is 0.252 e. The molecule has 8 aromatic rings. The van der Waals surface area contributed by atoms with E-state index in [-0.39, 0.29) is 33.8 Å². The van der Waals surface area contributed by atoms with Gasteiger partial charge in [-0.3, -0.25) is 0 Å². The zero-order chi connectivity index (χ0) is 52.5. The van der Waals surface area contributed by atoms with E-state index in [1.54, 1.807) is 0 Å². The molecule has 72 heavy (non-hydrogen) atoms. The third-order valence-corrected chi connectivity index (χ3v) is 18.0. The first-order valence-corrected chi connectivity index (χ1v) is 26.4. The fourth-order valence-corrected chi connectivity index (χ4v) is 14.7. The van der Waals surface area contributed by atoms with Gasteiger partial charge in [-0.15, -0.1) is 0 Å². The summed E-state index contributed by atoms with van der Waals surface area (Å²) in [6.45, 7) is 23.7. The molecule has 0 atom stereocenters. The van der Waals surface area contributed by atoms with Crippen molar-refractivity contribution in [1.29, 1.82) is 0 Å². The van der Waals surface area contributed by atoms with E-state index in [4.69, 9.17) is 0 Å². The Kier molecular flexibility index (Phi) is 8.79. The number of aryl methyl sites for hydroxylation is 2. The topological polar surface area (TPSA) is 9.72 Å². The molecular formula is C68H68BN3. The van der Waals surface area contributed by atoms with Crippen LogP contribution in [0.5, 0.6) is 0 Å². The Bertz CT molecular complexity index is 3660. The number of nitrogens with zero attached hydrogens (tertiary/aromatic N) is 3. The SMILES string of the molecule is [2H]C([2H])([2H])c1cc2c3c(c1)N(c1cccc4c1C(C)(C)c1ccccc1-4)c1cc(N(c4ccccc4)c4ccccc4)ccc1B3c1cc3c(cc1N2c1cc2c(cc1C)C(C)(C)CCC2(C)C)C(C)(C)CC3(C)C. The molecule has 3 nitrogen and oxygen atoms in total. The number of hydrogen-bond acceptors (Lipinski definition) is 3. The van der Waals surface area contributed by atoms with Gasteiger partial charge < -0.3 is 14.7 Å². The minimum absolute atomic E-state index is 0.0266. The summed E-state index contributed by atoms with van der Waals surface area (Å²) in [6.07, 6.45) is 3.25. The molecule has 0 saturated heterocycles. The molecular weight excluding hydrogens is 870 g/mol. The van der Waals surface area contributed by atoms with Crippen LogP contribution in [0.25, 0.3) is 11.1 Å². The first-order valence-electron chi connectivity index (χ1n) is 27.9. The van der Waals surface area contributed by atoms with Gasteiger partial charge in [0.2, 0.25) is 0 Å². The van der Waals surface area contributed by atoms with Gasteiger partial charge in [-0.25, -0.2) is 0 Å². The van der Waals surface area contributed by atoms with Gasteiger partial charge in [-0.05, 0) is 193 Å². The highest BCUT2D eigenvalue weighted by Crippen LogP contribution is 2.58. The zero-order valence-electron chi connectivity index (χ0n) is 47.1. The van der Waals surface area contributed by atoms with Crippen molar-refractivity contribution in [3.8, 4) is 11.1 Å². The Hall–Kier alpha value is -6.78. The van der Waals surface area contributed by atoms with E-state index in [9.17, 15) is 4.11 Å². The summed E-state index contributed by atoms with van der Waals surface area (Å²) in [6, 6.07) is 58.2. The van der Waals surface area contributed by atoms with Crippen molar-refractivity contribution in [1.82, 2.24) is 0 Å². The molecule has 0 N–H and O–H groups in total. The van der Waals surface area contributed by atoms with Crippen molar-refractivity contribution in [3.63, 3.8) is 0 Å². The fraction of sp³-hybridized carbons (Fsp3) is 0.294. The third-order valence-electron chi connectivity index (χ3n) is 18.0. The number of fused-ring (bicyclic) bond motifs is 9. The van der Waals surface area contributed by atoms with Gasteiger partial charge in [-0.2, -0.15) is 0 Å². The predicted molar refractivity (Wildman–Crippen MR) is 308 cm³/mol. The maximum atomic E-state index is 9.36. The van der Waals surface area contributed by atoms with Crippen LogP contribution in [0.15, 0.2) is 158 Å². The molecule has 0 amide bonds. The minimum atomic E-state index is -2.41. The normalized spacial score (nSPS) is 19.1. The Morgan fingerprint density at radius 1 is 0.444 bits per heavy atom. The quantitative estimate of drug-likeness (QED) is 0.159. The molecule has 2 heterocycles. The lowest BCUT2D eigenvalue weighted by Gasteiger charge is -2.47. The summed E-state index contributed by atoms with van der Waals surface area (Å²) in [5, 5.41) is 0. The maximum absolute atomic E-state index is 9.36. The molecule has 0 fully saturated rings. The lowest BCUT2D eigenvalue weighted by molar-refractivity contribution is 0.332. The second-order valence-corrected chi connectivity index (χ2v) is 25.0. The predicted octanol–water partition coefficient (Wildman–Crippen LogP) is 16.5. The smallest absolute Gasteiger partial charge is 0.252 e. The van der Waals surface area contributed by atoms with Crippen LogP contribution < -0.4 is 31.1 Å². The van der Waals surface area contributed by atoms with Crippen LogP contribution in [0.4, 0.5) is 51.2 Å². The Morgan fingerprint density at radius 3 is 1.64 bits per heavy atom. The lowest BCUT2D eigenvalue weighted by Crippen LogP contribution is -2.61. The van der Waals surface area contributed by atoms with Crippen molar-refractivity contribution in [2.24, 2.45) is 0 Å². The first-order chi connectivity index (χ1) is 35.5. The molecule has 0 saturated carbocycles. The highest BCUT2D eigenvalue weighted by Gasteiger charge is 2.50. The molecule has 13 rings (SSSR count). The molecule has 5 aliphatic rings. The van der Waals surface area contributed by atoms with E-state index < -0.39 is 6.85 Å². The highest BCUT2D eigenvalue weighted by molar-refractivity contribution is 7.00. The molecule has 0 bridgehead atoms. The average molecular weight is 941 g/mol. The summed E-state index contributed by atoms with van der Waals surface area (Å²) >= 11 is 0. The van der Waals surface area contributed by atoms with E-state index in [1.165, 1.54) is 61.0 Å². The summed E-state index contributed by atoms with van der Waals surface area (Å²) in [5.41, 5.74) is 24.5. The van der Waals surface area contributed by atoms with Crippen molar-refractivity contribution >= 4 is 74.3 Å². The molecule has 2 aliphatic heterocycles. The monoisotopic (exact) mass is 941 g/mol. The standard InChI is InChI=1S/C68H68BN3/c1-42-34-60-63-61(35-42)72(57-39-52-50(36-43(57)2)64(3,4)32-33-65(52,5)6)59-40-53-51(66(7,8)41-67(53,9)10)38-55(59)69(63)54-31-30-46(70(44-22-15-13-16-23-44)45-24-17-14-18-25-45)37-58(54)71(60)56-29-21-27-48-47-26-19-20-28-49(47)68(11,12)62(48)56/h13-31,34-40H,32-33,41H2,1-12H3/i1D3. The number of anilines is 9. The largest absolute Gasteiger partial charge is 0.311 e. The van der Waals surface area contributed by atoms with Crippen molar-refractivity contribution in [2.45, 2.75) is 129 Å². The van der Waals surface area contributed by atoms with E-state index in [0.29, 0.717) is 5.56 Å². The summed E-state index contributed by atoms with van der Waals surface area (Å²) < 4.78 is 28.1. The lowest BCUT2D eigenvalue weighted by atomic mass is 9.33. The summed E-state index contributed by atoms with van der Waals surface area (Å²) in [7, 11) is 0. The van der Waals surface area contributed by atoms with Crippen molar-refractivity contribution in [3.05, 3.63) is 202 Å². The minimum Gasteiger partial charge on any atom is -0.311 e. The van der Waals surface area contributed by atoms with Crippen LogP contribution in [-0.4, -0.2) is 6.71 Å². The van der Waals surface area contributed by atoms with Crippen LogP contribution in [0, 0.1) is 13.8 Å². The zero-order valence-corrected chi connectivity index (χ0v) is 44.1. The van der Waals surface area contributed by atoms with E-state index >= 15 is 0 Å². The second-order valence-electron chi connectivity index (χ2n) is 25.0. The Morgan fingerprint density at radius 2 is 0.986 bits per heavy atom. The molecule has 3 aliphatic carbocycles. The molecule has 4 heteroatoms. The van der Waals surface area contributed by atoms with Crippen LogP contribution in [0.3, 0.4) is 0 Å². The molecule has 8 aromatic carbocycles. The van der Waals surface area contributed by atoms with Crippen LogP contribution in [-0.2, 0) is 27.1 Å². The van der Waals surface area contributed by atoms with E-state index in [0.717, 1.165) is 75.9 Å². The molecule has 0 radical (unpaired) electrons. The number of hydrogen-bond donors (Lipinski definition) is 0. The van der Waals surface area contributed by atoms with Gasteiger partial charge in [0, 0.05) is 55.0 Å². The molecule has 358 valence electrons. The summed E-state index contributed by atoms with van der Waals surface area (Å²) in [5.74, 6) is 0. The summed E-state index contributed by atoms with van der Waals surface area (Å²) in [4.78, 5) is 7.33. The van der Waals surface area contributed by atoms with E-state index in [2.05, 4.69) is 236 Å². The highest BCUT2D eigenvalue weighted by atomic mass is 15.2. The Labute approximate surface area is 433 Å². The molecule has 0 aromatic heterocycles. The number of para-hydroxylation sites is 2. The fourth-order valence-electron chi connectivity index (χ4n) is 14.7. The Balaban J connectivity index is 1.18. The number of rotatable bonds is 5. The van der Waals surface area contributed by atoms with Gasteiger partial charge in [0.15, 0.2) is 0 Å². The van der Waals surface area contributed by atoms with Gasteiger partial charge in [0.25, 0.3) is 6.71 Å². The van der Waals surface area contributed by atoms with Crippen LogP contribution in [0.1, 0.15) is 137 Å². The van der Waals surface area contributed by atoms with Gasteiger partial charge in [-0.1, -0.05) is 160 Å². The van der Waals surface area contributed by atoms with Crippen LogP contribution >= 0.6 is 0 Å². The number of benzene rings is 8. The van der Waals surface area contributed by atoms with E-state index in [1.807, 2.05) is 12.1 Å². The van der Waals surface area contributed by atoms with Crippen molar-refractivity contribution in [2.75, 3.05) is 14.7 Å². The molecule has 0 unspecified atom stereocenters. The van der Waals surface area contributed by atoms with Crippen molar-refractivity contribution < 1.29 is 4.11 Å². The third kappa shape index (κ3) is 6.36. The van der Waals surface area contributed by atoms with Gasteiger partial charge >= 0.3 is 0 Å². The van der Waals surface area contributed by atoms with Gasteiger partial charge in [0.1, 0.15) is 0 Å². The van der Waals surface area contributed by atoms with Gasteiger partial charge in [0.05, 0.1) is 5.69 Å². The first kappa shape index (κ1) is 41.8. The average Bonchev–Trinajstić information content (AvgIpc) is 3.77.